The van der Waals surface area contributed by atoms with Crippen molar-refractivity contribution in [2.45, 2.75) is 38.3 Å². The summed E-state index contributed by atoms with van der Waals surface area (Å²) in [5, 5.41) is 6.88. The highest BCUT2D eigenvalue weighted by molar-refractivity contribution is 5.20. The standard InChI is InChI=1S/C19H28N6O/c1-2-25-18(22-23-19(25)26)15-8-10-24(11-9-15)13-16-12-20-21-17(16)14-6-4-3-5-7-14/h3-7,15-17,20-21H,2,8-13H2,1H3,(H,23,26). The van der Waals surface area contributed by atoms with Gasteiger partial charge in [0.25, 0.3) is 0 Å². The largest absolute Gasteiger partial charge is 0.343 e. The lowest BCUT2D eigenvalue weighted by Gasteiger charge is -2.34. The third kappa shape index (κ3) is 3.47. The van der Waals surface area contributed by atoms with E-state index in [-0.39, 0.29) is 5.69 Å². The summed E-state index contributed by atoms with van der Waals surface area (Å²) in [4.78, 5) is 14.4. The molecule has 3 heterocycles. The number of nitrogens with zero attached hydrogens (tertiary/aromatic N) is 3. The summed E-state index contributed by atoms with van der Waals surface area (Å²) in [7, 11) is 0. The molecule has 1 aromatic heterocycles. The molecule has 7 nitrogen and oxygen atoms in total. The van der Waals surface area contributed by atoms with Gasteiger partial charge in [-0.2, -0.15) is 5.10 Å². The van der Waals surface area contributed by atoms with E-state index in [1.807, 2.05) is 6.92 Å². The number of benzene rings is 1. The van der Waals surface area contributed by atoms with Gasteiger partial charge in [0.05, 0.1) is 6.04 Å². The molecule has 2 aliphatic heterocycles. The number of aromatic nitrogens is 3. The first-order valence-corrected chi connectivity index (χ1v) is 9.67. The first-order chi connectivity index (χ1) is 12.8. The van der Waals surface area contributed by atoms with Gasteiger partial charge in [-0.1, -0.05) is 30.3 Å². The molecule has 140 valence electrons. The Kier molecular flexibility index (Phi) is 5.19. The van der Waals surface area contributed by atoms with Crippen molar-refractivity contribution in [3.63, 3.8) is 0 Å². The van der Waals surface area contributed by atoms with Crippen molar-refractivity contribution in [3.05, 3.63) is 52.2 Å². The van der Waals surface area contributed by atoms with Gasteiger partial charge in [0.2, 0.25) is 0 Å². The topological polar surface area (TPSA) is 78.0 Å². The van der Waals surface area contributed by atoms with E-state index in [1.54, 1.807) is 4.57 Å². The van der Waals surface area contributed by atoms with Crippen molar-refractivity contribution in [2.75, 3.05) is 26.2 Å². The molecule has 2 unspecified atom stereocenters. The quantitative estimate of drug-likeness (QED) is 0.751. The predicted octanol–water partition coefficient (Wildman–Crippen LogP) is 1.24. The predicted molar refractivity (Wildman–Crippen MR) is 101 cm³/mol. The molecule has 0 amide bonds. The van der Waals surface area contributed by atoms with Crippen molar-refractivity contribution >= 4 is 0 Å². The number of likely N-dealkylation sites (tertiary alicyclic amines) is 1. The lowest BCUT2D eigenvalue weighted by atomic mass is 9.91. The Morgan fingerprint density at radius 3 is 2.69 bits per heavy atom. The van der Waals surface area contributed by atoms with Gasteiger partial charge in [0, 0.05) is 31.5 Å². The molecule has 0 spiro atoms. The Hall–Kier alpha value is -1.96. The van der Waals surface area contributed by atoms with Crippen LogP contribution in [0.2, 0.25) is 0 Å². The summed E-state index contributed by atoms with van der Waals surface area (Å²) >= 11 is 0. The van der Waals surface area contributed by atoms with E-state index in [2.05, 4.69) is 56.3 Å². The van der Waals surface area contributed by atoms with Crippen LogP contribution in [0, 0.1) is 5.92 Å². The fraction of sp³-hybridized carbons (Fsp3) is 0.579. The Balaban J connectivity index is 1.36. The molecule has 2 saturated heterocycles. The van der Waals surface area contributed by atoms with Crippen LogP contribution < -0.4 is 16.5 Å². The number of hydrazine groups is 1. The normalized spacial score (nSPS) is 25.0. The molecular formula is C19H28N6O. The van der Waals surface area contributed by atoms with Crippen molar-refractivity contribution in [2.24, 2.45) is 5.92 Å². The maximum Gasteiger partial charge on any atom is 0.343 e. The second-order valence-electron chi connectivity index (χ2n) is 7.38. The van der Waals surface area contributed by atoms with Gasteiger partial charge in [-0.05, 0) is 38.4 Å². The van der Waals surface area contributed by atoms with Gasteiger partial charge in [0.15, 0.2) is 0 Å². The zero-order chi connectivity index (χ0) is 17.9. The summed E-state index contributed by atoms with van der Waals surface area (Å²) in [5.41, 5.74) is 8.03. The molecule has 2 aromatic rings. The van der Waals surface area contributed by atoms with Crippen molar-refractivity contribution in [1.29, 1.82) is 0 Å². The minimum atomic E-state index is -0.0845. The fourth-order valence-corrected chi connectivity index (χ4v) is 4.37. The number of hydrogen-bond acceptors (Lipinski definition) is 5. The van der Waals surface area contributed by atoms with E-state index < -0.39 is 0 Å². The molecule has 7 heteroatoms. The van der Waals surface area contributed by atoms with E-state index >= 15 is 0 Å². The van der Waals surface area contributed by atoms with Crippen LogP contribution in [-0.2, 0) is 6.54 Å². The summed E-state index contributed by atoms with van der Waals surface area (Å²) in [6.07, 6.45) is 2.13. The van der Waals surface area contributed by atoms with Gasteiger partial charge in [-0.15, -0.1) is 0 Å². The Labute approximate surface area is 153 Å². The molecule has 2 atom stereocenters. The molecule has 0 saturated carbocycles. The molecule has 0 radical (unpaired) electrons. The van der Waals surface area contributed by atoms with Crippen LogP contribution in [0.5, 0.6) is 0 Å². The molecule has 4 rings (SSSR count). The number of piperidine rings is 1. The van der Waals surface area contributed by atoms with Crippen LogP contribution in [0.1, 0.15) is 43.1 Å². The fourth-order valence-electron chi connectivity index (χ4n) is 4.37. The molecule has 3 N–H and O–H groups in total. The molecule has 2 fully saturated rings. The summed E-state index contributed by atoms with van der Waals surface area (Å²) in [6.45, 7) is 6.89. The minimum absolute atomic E-state index is 0.0845. The molecule has 26 heavy (non-hydrogen) atoms. The van der Waals surface area contributed by atoms with Gasteiger partial charge < -0.3 is 4.90 Å². The van der Waals surface area contributed by atoms with Crippen LogP contribution in [0.15, 0.2) is 35.1 Å². The smallest absolute Gasteiger partial charge is 0.303 e. The van der Waals surface area contributed by atoms with Crippen molar-refractivity contribution < 1.29 is 0 Å². The average Bonchev–Trinajstić information content (AvgIpc) is 3.29. The van der Waals surface area contributed by atoms with Crippen molar-refractivity contribution in [1.82, 2.24) is 30.5 Å². The maximum absolute atomic E-state index is 11.8. The third-order valence-corrected chi connectivity index (χ3v) is 5.80. The lowest BCUT2D eigenvalue weighted by molar-refractivity contribution is 0.176. The SMILES string of the molecule is CCn1c(C2CCN(CC3CNNC3c3ccccc3)CC2)n[nH]c1=O. The van der Waals surface area contributed by atoms with Crippen LogP contribution in [0.25, 0.3) is 0 Å². The van der Waals surface area contributed by atoms with Crippen LogP contribution >= 0.6 is 0 Å². The molecule has 0 bridgehead atoms. The summed E-state index contributed by atoms with van der Waals surface area (Å²) in [5.74, 6) is 1.88. The number of nitrogens with one attached hydrogen (secondary N) is 3. The Morgan fingerprint density at radius 2 is 1.96 bits per heavy atom. The first kappa shape index (κ1) is 17.5. The molecule has 2 aliphatic rings. The zero-order valence-corrected chi connectivity index (χ0v) is 15.3. The minimum Gasteiger partial charge on any atom is -0.303 e. The molecule has 1 aromatic carbocycles. The highest BCUT2D eigenvalue weighted by Gasteiger charge is 2.32. The summed E-state index contributed by atoms with van der Waals surface area (Å²) in [6, 6.07) is 11.0. The zero-order valence-electron chi connectivity index (χ0n) is 15.3. The van der Waals surface area contributed by atoms with E-state index in [0.717, 1.165) is 44.8 Å². The Morgan fingerprint density at radius 1 is 1.19 bits per heavy atom. The van der Waals surface area contributed by atoms with E-state index in [4.69, 9.17) is 0 Å². The van der Waals surface area contributed by atoms with Gasteiger partial charge in [-0.25, -0.2) is 15.3 Å². The highest BCUT2D eigenvalue weighted by Crippen LogP contribution is 2.29. The number of aromatic amines is 1. The van der Waals surface area contributed by atoms with Gasteiger partial charge >= 0.3 is 5.69 Å². The number of rotatable bonds is 5. The van der Waals surface area contributed by atoms with E-state index in [1.165, 1.54) is 5.56 Å². The number of hydrogen-bond donors (Lipinski definition) is 3. The second-order valence-corrected chi connectivity index (χ2v) is 7.38. The third-order valence-electron chi connectivity index (χ3n) is 5.80. The van der Waals surface area contributed by atoms with Crippen molar-refractivity contribution in [3.8, 4) is 0 Å². The lowest BCUT2D eigenvalue weighted by Crippen LogP contribution is -2.39. The van der Waals surface area contributed by atoms with Crippen LogP contribution in [-0.4, -0.2) is 45.8 Å². The van der Waals surface area contributed by atoms with Gasteiger partial charge in [-0.3, -0.25) is 9.99 Å². The number of H-pyrrole nitrogens is 1. The van der Waals surface area contributed by atoms with Gasteiger partial charge in [0.1, 0.15) is 5.82 Å². The highest BCUT2D eigenvalue weighted by atomic mass is 16.1. The maximum atomic E-state index is 11.8. The molecule has 0 aliphatic carbocycles. The van der Waals surface area contributed by atoms with Crippen LogP contribution in [0.4, 0.5) is 0 Å². The molecular weight excluding hydrogens is 328 g/mol. The van der Waals surface area contributed by atoms with E-state index in [9.17, 15) is 4.79 Å². The first-order valence-electron chi connectivity index (χ1n) is 9.67. The Bertz CT molecular complexity index is 762. The monoisotopic (exact) mass is 356 g/mol. The summed E-state index contributed by atoms with van der Waals surface area (Å²) < 4.78 is 1.77. The van der Waals surface area contributed by atoms with E-state index in [0.29, 0.717) is 24.4 Å². The average molecular weight is 356 g/mol. The van der Waals surface area contributed by atoms with Crippen LogP contribution in [0.3, 0.4) is 0 Å². The second kappa shape index (κ2) is 7.73.